The van der Waals surface area contributed by atoms with E-state index in [2.05, 4.69) is 0 Å². The van der Waals surface area contributed by atoms with Crippen LogP contribution in [0.25, 0.3) is 11.0 Å². The maximum absolute atomic E-state index is 13.3. The lowest BCUT2D eigenvalue weighted by Gasteiger charge is -2.25. The number of aliphatic hydroxyl groups excluding tert-OH is 1. The lowest BCUT2D eigenvalue weighted by molar-refractivity contribution is 0.0716. The first-order valence-corrected chi connectivity index (χ1v) is 9.13. The standard InChI is InChI=1S/C21H18ClNO4/c1-12-6-7-16-15(10-12)19(25)17-18(13-4-2-5-14(22)11-13)23(8-3-9-24)21(26)20(17)27-16/h2,4-7,10-11,18,24H,3,8-9H2,1H3/t18-/m1/s1. The van der Waals surface area contributed by atoms with E-state index in [0.717, 1.165) is 11.1 Å². The molecule has 2 aromatic carbocycles. The molecule has 0 fully saturated rings. The predicted octanol–water partition coefficient (Wildman–Crippen LogP) is 3.68. The van der Waals surface area contributed by atoms with Crippen molar-refractivity contribution in [3.63, 3.8) is 0 Å². The zero-order valence-corrected chi connectivity index (χ0v) is 15.5. The second-order valence-electron chi connectivity index (χ2n) is 6.71. The van der Waals surface area contributed by atoms with Gasteiger partial charge in [0.05, 0.1) is 17.0 Å². The van der Waals surface area contributed by atoms with Crippen molar-refractivity contribution in [2.45, 2.75) is 19.4 Å². The average Bonchev–Trinajstić information content (AvgIpc) is 2.93. The van der Waals surface area contributed by atoms with Gasteiger partial charge in [-0.3, -0.25) is 9.59 Å². The van der Waals surface area contributed by atoms with Crippen LogP contribution in [0, 0.1) is 6.92 Å². The summed E-state index contributed by atoms with van der Waals surface area (Å²) in [4.78, 5) is 27.9. The molecule has 1 aliphatic rings. The lowest BCUT2D eigenvalue weighted by atomic mass is 9.98. The molecule has 2 heterocycles. The predicted molar refractivity (Wildman–Crippen MR) is 103 cm³/mol. The van der Waals surface area contributed by atoms with Crippen molar-refractivity contribution < 1.29 is 14.3 Å². The lowest BCUT2D eigenvalue weighted by Crippen LogP contribution is -2.31. The third-order valence-electron chi connectivity index (χ3n) is 4.84. The van der Waals surface area contributed by atoms with Crippen molar-refractivity contribution in [3.05, 3.63) is 80.2 Å². The molecule has 0 spiro atoms. The highest BCUT2D eigenvalue weighted by molar-refractivity contribution is 6.30. The maximum atomic E-state index is 13.3. The first kappa shape index (κ1) is 17.8. The van der Waals surface area contributed by atoms with Gasteiger partial charge in [-0.2, -0.15) is 0 Å². The van der Waals surface area contributed by atoms with Gasteiger partial charge in [-0.05, 0) is 43.2 Å². The largest absolute Gasteiger partial charge is 0.450 e. The molecule has 0 saturated heterocycles. The van der Waals surface area contributed by atoms with Gasteiger partial charge in [-0.15, -0.1) is 0 Å². The summed E-state index contributed by atoms with van der Waals surface area (Å²) in [5, 5.41) is 10.2. The summed E-state index contributed by atoms with van der Waals surface area (Å²) < 4.78 is 5.86. The Morgan fingerprint density at radius 2 is 2.00 bits per heavy atom. The zero-order valence-electron chi connectivity index (χ0n) is 14.7. The van der Waals surface area contributed by atoms with E-state index in [0.29, 0.717) is 34.5 Å². The number of halogens is 1. The van der Waals surface area contributed by atoms with Crippen molar-refractivity contribution >= 4 is 28.5 Å². The fourth-order valence-corrected chi connectivity index (χ4v) is 3.83. The number of rotatable bonds is 4. The zero-order chi connectivity index (χ0) is 19.1. The molecule has 1 aliphatic heterocycles. The summed E-state index contributed by atoms with van der Waals surface area (Å²) >= 11 is 6.15. The molecule has 0 radical (unpaired) electrons. The van der Waals surface area contributed by atoms with Crippen LogP contribution in [-0.2, 0) is 0 Å². The van der Waals surface area contributed by atoms with Crippen LogP contribution in [0.5, 0.6) is 0 Å². The van der Waals surface area contributed by atoms with Crippen molar-refractivity contribution in [3.8, 4) is 0 Å². The normalized spacial score (nSPS) is 16.2. The Morgan fingerprint density at radius 1 is 1.19 bits per heavy atom. The van der Waals surface area contributed by atoms with E-state index in [1.165, 1.54) is 0 Å². The molecule has 1 aromatic heterocycles. The molecule has 4 rings (SSSR count). The van der Waals surface area contributed by atoms with E-state index in [1.54, 1.807) is 35.2 Å². The number of hydrogen-bond donors (Lipinski definition) is 1. The van der Waals surface area contributed by atoms with E-state index in [9.17, 15) is 14.7 Å². The summed E-state index contributed by atoms with van der Waals surface area (Å²) in [5.41, 5.74) is 2.20. The number of fused-ring (bicyclic) bond motifs is 2. The van der Waals surface area contributed by atoms with E-state index in [1.807, 2.05) is 19.1 Å². The van der Waals surface area contributed by atoms with Gasteiger partial charge in [0.1, 0.15) is 5.58 Å². The Labute approximate surface area is 160 Å². The molecule has 0 aliphatic carbocycles. The highest BCUT2D eigenvalue weighted by Crippen LogP contribution is 2.38. The molecular weight excluding hydrogens is 366 g/mol. The van der Waals surface area contributed by atoms with Crippen LogP contribution in [0.1, 0.15) is 39.7 Å². The average molecular weight is 384 g/mol. The van der Waals surface area contributed by atoms with Gasteiger partial charge in [0.25, 0.3) is 5.91 Å². The van der Waals surface area contributed by atoms with Crippen LogP contribution < -0.4 is 5.43 Å². The fourth-order valence-electron chi connectivity index (χ4n) is 3.63. The second-order valence-corrected chi connectivity index (χ2v) is 7.14. The number of benzene rings is 2. The third-order valence-corrected chi connectivity index (χ3v) is 5.08. The van der Waals surface area contributed by atoms with Gasteiger partial charge in [0.15, 0.2) is 5.43 Å². The molecule has 3 aromatic rings. The number of nitrogens with zero attached hydrogens (tertiary/aromatic N) is 1. The summed E-state index contributed by atoms with van der Waals surface area (Å²) in [6.45, 7) is 2.16. The Balaban J connectivity index is 1.99. The summed E-state index contributed by atoms with van der Waals surface area (Å²) in [6.07, 6.45) is 0.406. The Kier molecular flexibility index (Phi) is 4.50. The third kappa shape index (κ3) is 2.93. The minimum Gasteiger partial charge on any atom is -0.450 e. The molecule has 0 bridgehead atoms. The topological polar surface area (TPSA) is 70.8 Å². The van der Waals surface area contributed by atoms with Crippen molar-refractivity contribution in [2.24, 2.45) is 0 Å². The van der Waals surface area contributed by atoms with Gasteiger partial charge in [0, 0.05) is 18.2 Å². The summed E-state index contributed by atoms with van der Waals surface area (Å²) in [6, 6.07) is 11.9. The molecule has 138 valence electrons. The molecule has 27 heavy (non-hydrogen) atoms. The molecule has 6 heteroatoms. The number of carbonyl (C=O) groups excluding carboxylic acids is 1. The van der Waals surface area contributed by atoms with Crippen LogP contribution in [0.15, 0.2) is 51.7 Å². The number of carbonyl (C=O) groups is 1. The number of aryl methyl sites for hydroxylation is 1. The molecule has 1 atom stereocenters. The van der Waals surface area contributed by atoms with Crippen molar-refractivity contribution in [2.75, 3.05) is 13.2 Å². The van der Waals surface area contributed by atoms with E-state index in [-0.39, 0.29) is 23.7 Å². The van der Waals surface area contributed by atoms with Crippen molar-refractivity contribution in [1.29, 1.82) is 0 Å². The minimum absolute atomic E-state index is 0.0507. The van der Waals surface area contributed by atoms with Crippen LogP contribution in [-0.4, -0.2) is 29.1 Å². The first-order valence-electron chi connectivity index (χ1n) is 8.76. The maximum Gasteiger partial charge on any atom is 0.290 e. The van der Waals surface area contributed by atoms with Crippen molar-refractivity contribution in [1.82, 2.24) is 4.90 Å². The van der Waals surface area contributed by atoms with Crippen LogP contribution >= 0.6 is 11.6 Å². The number of aliphatic hydroxyl groups is 1. The van der Waals surface area contributed by atoms with Gasteiger partial charge >= 0.3 is 0 Å². The van der Waals surface area contributed by atoms with E-state index in [4.69, 9.17) is 16.0 Å². The quantitative estimate of drug-likeness (QED) is 0.746. The molecule has 1 N–H and O–H groups in total. The van der Waals surface area contributed by atoms with Crippen LogP contribution in [0.2, 0.25) is 5.02 Å². The van der Waals surface area contributed by atoms with Gasteiger partial charge in [-0.25, -0.2) is 0 Å². The smallest absolute Gasteiger partial charge is 0.290 e. The highest BCUT2D eigenvalue weighted by atomic mass is 35.5. The molecular formula is C21H18ClNO4. The SMILES string of the molecule is Cc1ccc2oc3c(c(=O)c2c1)[C@@H](c1cccc(Cl)c1)N(CCCO)C3=O. The molecule has 1 amide bonds. The Bertz CT molecular complexity index is 1110. The minimum atomic E-state index is -0.584. The van der Waals surface area contributed by atoms with Gasteiger partial charge in [0.2, 0.25) is 5.76 Å². The highest BCUT2D eigenvalue weighted by Gasteiger charge is 2.42. The first-order chi connectivity index (χ1) is 13.0. The Hall–Kier alpha value is -2.63. The van der Waals surface area contributed by atoms with E-state index >= 15 is 0 Å². The second kappa shape index (κ2) is 6.83. The van der Waals surface area contributed by atoms with E-state index < -0.39 is 6.04 Å². The van der Waals surface area contributed by atoms with Crippen LogP contribution in [0.3, 0.4) is 0 Å². The fraction of sp³-hybridized carbons (Fsp3) is 0.238. The summed E-state index contributed by atoms with van der Waals surface area (Å²) in [7, 11) is 0. The molecule has 0 saturated carbocycles. The number of hydrogen-bond acceptors (Lipinski definition) is 4. The number of amides is 1. The Morgan fingerprint density at radius 3 is 2.74 bits per heavy atom. The monoisotopic (exact) mass is 383 g/mol. The summed E-state index contributed by atoms with van der Waals surface area (Å²) in [5.74, 6) is -0.276. The molecule has 5 nitrogen and oxygen atoms in total. The van der Waals surface area contributed by atoms with Gasteiger partial charge in [-0.1, -0.05) is 35.4 Å². The van der Waals surface area contributed by atoms with Crippen LogP contribution in [0.4, 0.5) is 0 Å². The molecule has 0 unspecified atom stereocenters. The van der Waals surface area contributed by atoms with Gasteiger partial charge < -0.3 is 14.4 Å².